The van der Waals surface area contributed by atoms with Gasteiger partial charge in [-0.3, -0.25) is 4.79 Å². The third-order valence-corrected chi connectivity index (χ3v) is 4.37. The predicted molar refractivity (Wildman–Crippen MR) is 109 cm³/mol. The summed E-state index contributed by atoms with van der Waals surface area (Å²) in [6, 6.07) is 23.2. The van der Waals surface area contributed by atoms with E-state index in [0.717, 1.165) is 0 Å². The lowest BCUT2D eigenvalue weighted by atomic mass is 10.1. The van der Waals surface area contributed by atoms with E-state index in [1.165, 1.54) is 6.92 Å². The van der Waals surface area contributed by atoms with Crippen molar-refractivity contribution in [2.45, 2.75) is 13.0 Å². The van der Waals surface area contributed by atoms with Gasteiger partial charge in [0.1, 0.15) is 5.52 Å². The van der Waals surface area contributed by atoms with Crippen LogP contribution in [0.5, 0.6) is 0 Å². The maximum Gasteiger partial charge on any atom is 0.339 e. The lowest BCUT2D eigenvalue weighted by molar-refractivity contribution is -0.123. The molecule has 0 aliphatic carbocycles. The first-order valence-corrected chi connectivity index (χ1v) is 9.13. The molecule has 6 heteroatoms. The van der Waals surface area contributed by atoms with Crippen LogP contribution in [0, 0.1) is 0 Å². The fraction of sp³-hybridized carbons (Fsp3) is 0.0870. The molecule has 0 bridgehead atoms. The standard InChI is InChI=1S/C23H18N2O4/c1-15(21(26)24-16-9-3-2-4-10-16)28-23(27)18-12-6-5-11-17(18)22-25-19-13-7-8-14-20(19)29-22/h2-15H,1H3,(H,24,26). The van der Waals surface area contributed by atoms with Gasteiger partial charge < -0.3 is 14.5 Å². The molecule has 0 radical (unpaired) electrons. The van der Waals surface area contributed by atoms with E-state index in [1.54, 1.807) is 36.4 Å². The van der Waals surface area contributed by atoms with Gasteiger partial charge in [-0.1, -0.05) is 42.5 Å². The average molecular weight is 386 g/mol. The second-order valence-electron chi connectivity index (χ2n) is 6.44. The summed E-state index contributed by atoms with van der Waals surface area (Å²) in [5.74, 6) is -0.720. The van der Waals surface area contributed by atoms with E-state index in [9.17, 15) is 9.59 Å². The summed E-state index contributed by atoms with van der Waals surface area (Å²) < 4.78 is 11.2. The second-order valence-corrected chi connectivity index (χ2v) is 6.44. The van der Waals surface area contributed by atoms with Crippen LogP contribution in [0.3, 0.4) is 0 Å². The van der Waals surface area contributed by atoms with Crippen LogP contribution in [-0.4, -0.2) is 23.0 Å². The van der Waals surface area contributed by atoms with Crippen molar-refractivity contribution in [1.29, 1.82) is 0 Å². The van der Waals surface area contributed by atoms with Gasteiger partial charge in [-0.2, -0.15) is 0 Å². The number of carbonyl (C=O) groups is 2. The zero-order chi connectivity index (χ0) is 20.2. The number of fused-ring (bicyclic) bond motifs is 1. The zero-order valence-corrected chi connectivity index (χ0v) is 15.7. The molecule has 1 N–H and O–H groups in total. The molecule has 4 aromatic rings. The number of ether oxygens (including phenoxy) is 1. The zero-order valence-electron chi connectivity index (χ0n) is 15.7. The Hall–Kier alpha value is -3.93. The first kappa shape index (κ1) is 18.4. The molecule has 0 aliphatic rings. The molecular weight excluding hydrogens is 368 g/mol. The molecule has 6 nitrogen and oxygen atoms in total. The number of amides is 1. The van der Waals surface area contributed by atoms with Crippen molar-refractivity contribution in [2.24, 2.45) is 0 Å². The molecular formula is C23H18N2O4. The third kappa shape index (κ3) is 4.01. The van der Waals surface area contributed by atoms with Crippen LogP contribution in [0.1, 0.15) is 17.3 Å². The Bertz CT molecular complexity index is 1130. The molecule has 0 saturated heterocycles. The maximum absolute atomic E-state index is 12.7. The molecule has 3 aromatic carbocycles. The van der Waals surface area contributed by atoms with Crippen LogP contribution in [-0.2, 0) is 9.53 Å². The molecule has 0 spiro atoms. The first-order chi connectivity index (χ1) is 14.1. The highest BCUT2D eigenvalue weighted by Gasteiger charge is 2.23. The SMILES string of the molecule is CC(OC(=O)c1ccccc1-c1nc2ccccc2o1)C(=O)Nc1ccccc1. The average Bonchev–Trinajstić information content (AvgIpc) is 3.18. The molecule has 1 unspecified atom stereocenters. The summed E-state index contributed by atoms with van der Waals surface area (Å²) in [4.78, 5) is 29.5. The Morgan fingerprint density at radius 2 is 1.62 bits per heavy atom. The minimum atomic E-state index is -0.973. The second kappa shape index (κ2) is 7.98. The van der Waals surface area contributed by atoms with E-state index in [1.807, 2.05) is 42.5 Å². The number of benzene rings is 3. The molecule has 4 rings (SSSR count). The Morgan fingerprint density at radius 3 is 2.41 bits per heavy atom. The number of hydrogen-bond donors (Lipinski definition) is 1. The molecule has 1 amide bonds. The smallest absolute Gasteiger partial charge is 0.339 e. The van der Waals surface area contributed by atoms with Crippen molar-refractivity contribution >= 4 is 28.7 Å². The minimum absolute atomic E-state index is 0.276. The summed E-state index contributed by atoms with van der Waals surface area (Å²) in [6.45, 7) is 1.53. The Morgan fingerprint density at radius 1 is 0.931 bits per heavy atom. The highest BCUT2D eigenvalue weighted by atomic mass is 16.5. The molecule has 144 valence electrons. The summed E-state index contributed by atoms with van der Waals surface area (Å²) in [5.41, 5.74) is 2.73. The lowest BCUT2D eigenvalue weighted by Crippen LogP contribution is -2.30. The van der Waals surface area contributed by atoms with E-state index in [-0.39, 0.29) is 5.56 Å². The minimum Gasteiger partial charge on any atom is -0.449 e. The molecule has 29 heavy (non-hydrogen) atoms. The number of para-hydroxylation sites is 3. The highest BCUT2D eigenvalue weighted by Crippen LogP contribution is 2.27. The Kier molecular flexibility index (Phi) is 5.07. The lowest BCUT2D eigenvalue weighted by Gasteiger charge is -2.14. The number of aromatic nitrogens is 1. The predicted octanol–water partition coefficient (Wildman–Crippen LogP) is 4.68. The van der Waals surface area contributed by atoms with Gasteiger partial charge in [-0.05, 0) is 43.3 Å². The molecule has 1 heterocycles. The van der Waals surface area contributed by atoms with Gasteiger partial charge in [-0.15, -0.1) is 0 Å². The van der Waals surface area contributed by atoms with Crippen LogP contribution in [0.2, 0.25) is 0 Å². The van der Waals surface area contributed by atoms with E-state index in [2.05, 4.69) is 10.3 Å². The van der Waals surface area contributed by atoms with Crippen LogP contribution in [0.4, 0.5) is 5.69 Å². The molecule has 0 saturated carbocycles. The van der Waals surface area contributed by atoms with Gasteiger partial charge in [0.15, 0.2) is 11.7 Å². The summed E-state index contributed by atoms with van der Waals surface area (Å²) >= 11 is 0. The van der Waals surface area contributed by atoms with Crippen molar-refractivity contribution in [3.8, 4) is 11.5 Å². The monoisotopic (exact) mass is 386 g/mol. The topological polar surface area (TPSA) is 81.4 Å². The Balaban J connectivity index is 1.54. The largest absolute Gasteiger partial charge is 0.449 e. The van der Waals surface area contributed by atoms with Gasteiger partial charge in [0.25, 0.3) is 5.91 Å². The molecule has 0 aliphatic heterocycles. The normalized spacial score (nSPS) is 11.8. The number of nitrogens with one attached hydrogen (secondary N) is 1. The molecule has 1 atom stereocenters. The number of oxazole rings is 1. The number of esters is 1. The quantitative estimate of drug-likeness (QED) is 0.504. The van der Waals surface area contributed by atoms with Crippen molar-refractivity contribution in [3.05, 3.63) is 84.4 Å². The number of rotatable bonds is 5. The summed E-state index contributed by atoms with van der Waals surface area (Å²) in [5, 5.41) is 2.72. The van der Waals surface area contributed by atoms with Crippen molar-refractivity contribution in [3.63, 3.8) is 0 Å². The first-order valence-electron chi connectivity index (χ1n) is 9.13. The van der Waals surface area contributed by atoms with Crippen LogP contribution < -0.4 is 5.32 Å². The Labute approximate surface area is 167 Å². The van der Waals surface area contributed by atoms with E-state index in [0.29, 0.717) is 28.2 Å². The number of hydrogen-bond acceptors (Lipinski definition) is 5. The van der Waals surface area contributed by atoms with E-state index in [4.69, 9.17) is 9.15 Å². The third-order valence-electron chi connectivity index (χ3n) is 4.37. The fourth-order valence-corrected chi connectivity index (χ4v) is 2.88. The van der Waals surface area contributed by atoms with Gasteiger partial charge >= 0.3 is 5.97 Å². The highest BCUT2D eigenvalue weighted by molar-refractivity contribution is 6.00. The van der Waals surface area contributed by atoms with E-state index >= 15 is 0 Å². The van der Waals surface area contributed by atoms with Crippen molar-refractivity contribution < 1.29 is 18.7 Å². The summed E-state index contributed by atoms with van der Waals surface area (Å²) in [7, 11) is 0. The molecule has 0 fully saturated rings. The number of nitrogens with zero attached hydrogens (tertiary/aromatic N) is 1. The summed E-state index contributed by atoms with van der Waals surface area (Å²) in [6.07, 6.45) is -0.973. The van der Waals surface area contributed by atoms with E-state index < -0.39 is 18.0 Å². The number of anilines is 1. The fourth-order valence-electron chi connectivity index (χ4n) is 2.88. The maximum atomic E-state index is 12.7. The van der Waals surface area contributed by atoms with Gasteiger partial charge in [-0.25, -0.2) is 9.78 Å². The van der Waals surface area contributed by atoms with Crippen LogP contribution >= 0.6 is 0 Å². The van der Waals surface area contributed by atoms with Crippen molar-refractivity contribution in [2.75, 3.05) is 5.32 Å². The molecule has 1 aromatic heterocycles. The van der Waals surface area contributed by atoms with Gasteiger partial charge in [0, 0.05) is 5.69 Å². The van der Waals surface area contributed by atoms with Crippen LogP contribution in [0.15, 0.2) is 83.3 Å². The van der Waals surface area contributed by atoms with Crippen molar-refractivity contribution in [1.82, 2.24) is 4.98 Å². The number of carbonyl (C=O) groups excluding carboxylic acids is 2. The van der Waals surface area contributed by atoms with Gasteiger partial charge in [0.2, 0.25) is 5.89 Å². The van der Waals surface area contributed by atoms with Crippen LogP contribution in [0.25, 0.3) is 22.6 Å². The van der Waals surface area contributed by atoms with Gasteiger partial charge in [0.05, 0.1) is 11.1 Å².